The summed E-state index contributed by atoms with van der Waals surface area (Å²) in [5.41, 5.74) is 0.570. The van der Waals surface area contributed by atoms with Crippen LogP contribution in [0.15, 0.2) is 59.7 Å². The van der Waals surface area contributed by atoms with Gasteiger partial charge >= 0.3 is 5.97 Å². The predicted octanol–water partition coefficient (Wildman–Crippen LogP) is 2.96. The molecule has 2 aromatic heterocycles. The van der Waals surface area contributed by atoms with E-state index in [1.807, 2.05) is 0 Å². The van der Waals surface area contributed by atoms with Gasteiger partial charge in [-0.3, -0.25) is 9.59 Å². The molecule has 0 atom stereocenters. The molecule has 128 valence electrons. The van der Waals surface area contributed by atoms with Crippen molar-refractivity contribution in [2.75, 3.05) is 5.32 Å². The number of nitrogens with one attached hydrogen (secondary N) is 3. The summed E-state index contributed by atoms with van der Waals surface area (Å²) in [5.74, 6) is -1.86. The first-order chi connectivity index (χ1) is 12.6. The lowest BCUT2D eigenvalue weighted by atomic mass is 10.1. The van der Waals surface area contributed by atoms with Gasteiger partial charge in [-0.15, -0.1) is 0 Å². The van der Waals surface area contributed by atoms with Gasteiger partial charge in [-0.1, -0.05) is 18.2 Å². The van der Waals surface area contributed by atoms with Crippen molar-refractivity contribution in [3.63, 3.8) is 0 Å². The molecule has 4 aromatic rings. The highest BCUT2D eigenvalue weighted by molar-refractivity contribution is 6.13. The lowest BCUT2D eigenvalue weighted by molar-refractivity contribution is 0.0700. The number of anilines is 1. The maximum absolute atomic E-state index is 12.6. The second-order valence-corrected chi connectivity index (χ2v) is 5.77. The lowest BCUT2D eigenvalue weighted by Crippen LogP contribution is -2.23. The number of carbonyl (C=O) groups is 2. The van der Waals surface area contributed by atoms with Gasteiger partial charge < -0.3 is 20.4 Å². The van der Waals surface area contributed by atoms with Crippen LogP contribution in [0, 0.1) is 0 Å². The van der Waals surface area contributed by atoms with Gasteiger partial charge in [-0.2, -0.15) is 0 Å². The quantitative estimate of drug-likeness (QED) is 0.456. The van der Waals surface area contributed by atoms with Crippen LogP contribution >= 0.6 is 0 Å². The summed E-state index contributed by atoms with van der Waals surface area (Å²) in [6.07, 6.45) is 2.95. The molecule has 2 heterocycles. The molecule has 7 nitrogen and oxygen atoms in total. The molecule has 2 aromatic carbocycles. The minimum Gasteiger partial charge on any atom is -0.478 e. The van der Waals surface area contributed by atoms with E-state index in [-0.39, 0.29) is 16.8 Å². The van der Waals surface area contributed by atoms with E-state index >= 15 is 0 Å². The Morgan fingerprint density at radius 3 is 2.62 bits per heavy atom. The van der Waals surface area contributed by atoms with Crippen molar-refractivity contribution in [2.24, 2.45) is 0 Å². The van der Waals surface area contributed by atoms with Gasteiger partial charge in [0, 0.05) is 28.7 Å². The zero-order chi connectivity index (χ0) is 18.3. The normalized spacial score (nSPS) is 10.9. The molecule has 26 heavy (non-hydrogen) atoms. The fourth-order valence-corrected chi connectivity index (χ4v) is 2.98. The standard InChI is InChI=1S/C19H13N3O4/c23-17-11-3-1-2-4-13(11)21-9-12(17)18(24)22-14-6-5-10-7-8-20-16(10)15(14)19(25)26/h1-9,20H,(H,21,23)(H,22,24)(H,25,26). The Morgan fingerprint density at radius 2 is 1.81 bits per heavy atom. The fourth-order valence-electron chi connectivity index (χ4n) is 2.98. The number of carboxylic acids is 1. The minimum absolute atomic E-state index is 0.0573. The van der Waals surface area contributed by atoms with E-state index in [2.05, 4.69) is 15.3 Å². The number of pyridine rings is 1. The minimum atomic E-state index is -1.18. The Labute approximate surface area is 146 Å². The Balaban J connectivity index is 1.79. The van der Waals surface area contributed by atoms with Crippen LogP contribution in [-0.4, -0.2) is 27.0 Å². The van der Waals surface area contributed by atoms with E-state index in [0.717, 1.165) is 0 Å². The SMILES string of the molecule is O=C(Nc1ccc2cc[nH]c2c1C(=O)O)c1c[nH]c2ccccc2c1=O. The highest BCUT2D eigenvalue weighted by Crippen LogP contribution is 2.25. The fraction of sp³-hybridized carbons (Fsp3) is 0. The highest BCUT2D eigenvalue weighted by atomic mass is 16.4. The Morgan fingerprint density at radius 1 is 1.00 bits per heavy atom. The molecule has 0 radical (unpaired) electrons. The number of amides is 1. The molecule has 4 rings (SSSR count). The third kappa shape index (κ3) is 2.42. The Hall–Kier alpha value is -3.87. The number of hydrogen-bond donors (Lipinski definition) is 4. The van der Waals surface area contributed by atoms with Crippen molar-refractivity contribution in [3.8, 4) is 0 Å². The number of para-hydroxylation sites is 1. The van der Waals surface area contributed by atoms with Gasteiger partial charge in [0.15, 0.2) is 0 Å². The second-order valence-electron chi connectivity index (χ2n) is 5.77. The Bertz CT molecular complexity index is 1240. The maximum Gasteiger partial charge on any atom is 0.339 e. The van der Waals surface area contributed by atoms with E-state index in [1.165, 1.54) is 12.3 Å². The summed E-state index contributed by atoms with van der Waals surface area (Å²) in [5, 5.41) is 13.2. The van der Waals surface area contributed by atoms with Crippen molar-refractivity contribution in [3.05, 3.63) is 76.2 Å². The van der Waals surface area contributed by atoms with E-state index in [0.29, 0.717) is 21.8 Å². The number of fused-ring (bicyclic) bond motifs is 2. The molecular formula is C19H13N3O4. The third-order valence-corrected chi connectivity index (χ3v) is 4.22. The molecule has 0 spiro atoms. The van der Waals surface area contributed by atoms with E-state index < -0.39 is 17.3 Å². The number of rotatable bonds is 3. The molecular weight excluding hydrogens is 334 g/mol. The van der Waals surface area contributed by atoms with E-state index in [1.54, 1.807) is 42.6 Å². The summed E-state index contributed by atoms with van der Waals surface area (Å²) in [7, 11) is 0. The lowest BCUT2D eigenvalue weighted by Gasteiger charge is -2.10. The molecule has 0 saturated carbocycles. The molecule has 0 unspecified atom stereocenters. The number of benzene rings is 2. The summed E-state index contributed by atoms with van der Waals surface area (Å²) < 4.78 is 0. The zero-order valence-electron chi connectivity index (χ0n) is 13.4. The molecule has 0 aliphatic heterocycles. The first-order valence-electron chi connectivity index (χ1n) is 7.81. The second kappa shape index (κ2) is 5.89. The first-order valence-corrected chi connectivity index (χ1v) is 7.81. The van der Waals surface area contributed by atoms with Gasteiger partial charge in [-0.05, 0) is 24.3 Å². The first kappa shape index (κ1) is 15.6. The molecule has 7 heteroatoms. The van der Waals surface area contributed by atoms with Crippen LogP contribution in [0.4, 0.5) is 5.69 Å². The van der Waals surface area contributed by atoms with Gasteiger partial charge in [0.2, 0.25) is 5.43 Å². The molecule has 4 N–H and O–H groups in total. The predicted molar refractivity (Wildman–Crippen MR) is 97.8 cm³/mol. The zero-order valence-corrected chi connectivity index (χ0v) is 13.4. The average Bonchev–Trinajstić information content (AvgIpc) is 3.10. The number of aromatic carboxylic acids is 1. The number of carbonyl (C=O) groups excluding carboxylic acids is 1. The number of hydrogen-bond acceptors (Lipinski definition) is 3. The van der Waals surface area contributed by atoms with Crippen molar-refractivity contribution in [2.45, 2.75) is 0 Å². The van der Waals surface area contributed by atoms with Gasteiger partial charge in [0.1, 0.15) is 11.1 Å². The number of aromatic nitrogens is 2. The van der Waals surface area contributed by atoms with Gasteiger partial charge in [0.05, 0.1) is 11.2 Å². The van der Waals surface area contributed by atoms with Crippen molar-refractivity contribution in [1.29, 1.82) is 0 Å². The van der Waals surface area contributed by atoms with Crippen LogP contribution in [0.2, 0.25) is 0 Å². The van der Waals surface area contributed by atoms with Crippen LogP contribution in [0.1, 0.15) is 20.7 Å². The van der Waals surface area contributed by atoms with Crippen LogP contribution in [-0.2, 0) is 0 Å². The largest absolute Gasteiger partial charge is 0.478 e. The summed E-state index contributed by atoms with van der Waals surface area (Å²) in [4.78, 5) is 42.6. The molecule has 0 saturated heterocycles. The van der Waals surface area contributed by atoms with Crippen molar-refractivity contribution in [1.82, 2.24) is 9.97 Å². The molecule has 0 fully saturated rings. The van der Waals surface area contributed by atoms with E-state index in [4.69, 9.17) is 0 Å². The molecule has 1 amide bonds. The Kier molecular flexibility index (Phi) is 3.54. The summed E-state index contributed by atoms with van der Waals surface area (Å²) in [6.45, 7) is 0. The van der Waals surface area contributed by atoms with Crippen LogP contribution < -0.4 is 10.7 Å². The van der Waals surface area contributed by atoms with Gasteiger partial charge in [-0.25, -0.2) is 4.79 Å². The molecule has 0 aliphatic carbocycles. The number of carboxylic acid groups (broad SMARTS) is 1. The van der Waals surface area contributed by atoms with Crippen molar-refractivity contribution < 1.29 is 14.7 Å². The summed E-state index contributed by atoms with van der Waals surface area (Å²) >= 11 is 0. The van der Waals surface area contributed by atoms with Gasteiger partial charge in [0.25, 0.3) is 5.91 Å². The summed E-state index contributed by atoms with van der Waals surface area (Å²) in [6, 6.07) is 11.8. The topological polar surface area (TPSA) is 115 Å². The van der Waals surface area contributed by atoms with Crippen LogP contribution in [0.5, 0.6) is 0 Å². The molecule has 0 bridgehead atoms. The van der Waals surface area contributed by atoms with Crippen LogP contribution in [0.25, 0.3) is 21.8 Å². The van der Waals surface area contributed by atoms with Crippen LogP contribution in [0.3, 0.4) is 0 Å². The van der Waals surface area contributed by atoms with E-state index in [9.17, 15) is 19.5 Å². The maximum atomic E-state index is 12.6. The number of aromatic amines is 2. The number of H-pyrrole nitrogens is 2. The third-order valence-electron chi connectivity index (χ3n) is 4.22. The molecule has 0 aliphatic rings. The smallest absolute Gasteiger partial charge is 0.339 e. The van der Waals surface area contributed by atoms with Crippen molar-refractivity contribution >= 4 is 39.4 Å². The highest BCUT2D eigenvalue weighted by Gasteiger charge is 2.19. The average molecular weight is 347 g/mol. The monoisotopic (exact) mass is 347 g/mol.